The highest BCUT2D eigenvalue weighted by Crippen LogP contribution is 2.19. The Bertz CT molecular complexity index is 318. The molecule has 0 bridgehead atoms. The fraction of sp³-hybridized carbons (Fsp3) is 0.300. The molecule has 0 aromatic heterocycles. The van der Waals surface area contributed by atoms with Crippen LogP contribution < -0.4 is 0 Å². The third-order valence-corrected chi connectivity index (χ3v) is 1.89. The van der Waals surface area contributed by atoms with E-state index in [1.807, 2.05) is 6.92 Å². The van der Waals surface area contributed by atoms with Gasteiger partial charge in [0, 0.05) is 0 Å². The molecule has 1 aromatic rings. The lowest BCUT2D eigenvalue weighted by atomic mass is 10.1. The van der Waals surface area contributed by atoms with Crippen molar-refractivity contribution in [3.63, 3.8) is 0 Å². The molecular formula is C10H12O3. The normalized spacial score (nSPS) is 9.92. The van der Waals surface area contributed by atoms with Crippen LogP contribution in [0.4, 0.5) is 0 Å². The predicted octanol–water partition coefficient (Wildman–Crippen LogP) is 1.58. The van der Waals surface area contributed by atoms with Crippen molar-refractivity contribution in [3.8, 4) is 5.75 Å². The Labute approximate surface area is 76.6 Å². The monoisotopic (exact) mass is 180 g/mol. The number of carboxylic acid groups (broad SMARTS) is 1. The van der Waals surface area contributed by atoms with Crippen LogP contribution in [-0.2, 0) is 17.6 Å². The van der Waals surface area contributed by atoms with Crippen LogP contribution in [0.2, 0.25) is 0 Å². The average molecular weight is 180 g/mol. The number of phenols is 1. The van der Waals surface area contributed by atoms with Crippen molar-refractivity contribution in [3.05, 3.63) is 29.3 Å². The first-order valence-electron chi connectivity index (χ1n) is 4.16. The summed E-state index contributed by atoms with van der Waals surface area (Å²) in [6.45, 7) is 1.94. The Kier molecular flexibility index (Phi) is 2.90. The molecule has 70 valence electrons. The number of aliphatic carboxylic acids is 1. The number of rotatable bonds is 3. The molecule has 0 spiro atoms. The largest absolute Gasteiger partial charge is 0.508 e. The van der Waals surface area contributed by atoms with E-state index in [1.165, 1.54) is 6.07 Å². The van der Waals surface area contributed by atoms with Crippen molar-refractivity contribution in [2.45, 2.75) is 19.8 Å². The zero-order chi connectivity index (χ0) is 9.84. The van der Waals surface area contributed by atoms with Crippen LogP contribution in [0.15, 0.2) is 18.2 Å². The third-order valence-electron chi connectivity index (χ3n) is 1.89. The molecule has 1 rings (SSSR count). The first-order valence-corrected chi connectivity index (χ1v) is 4.16. The van der Waals surface area contributed by atoms with Crippen molar-refractivity contribution in [2.24, 2.45) is 0 Å². The summed E-state index contributed by atoms with van der Waals surface area (Å²) in [5, 5.41) is 17.9. The molecule has 0 radical (unpaired) electrons. The molecule has 0 amide bonds. The van der Waals surface area contributed by atoms with Gasteiger partial charge >= 0.3 is 5.97 Å². The van der Waals surface area contributed by atoms with E-state index in [0.717, 1.165) is 12.0 Å². The molecule has 0 aliphatic carbocycles. The summed E-state index contributed by atoms with van der Waals surface area (Å²) in [4.78, 5) is 10.4. The smallest absolute Gasteiger partial charge is 0.307 e. The van der Waals surface area contributed by atoms with Crippen molar-refractivity contribution in [1.29, 1.82) is 0 Å². The molecule has 0 aliphatic rings. The summed E-state index contributed by atoms with van der Waals surface area (Å²) >= 11 is 0. The average Bonchev–Trinajstić information content (AvgIpc) is 2.03. The van der Waals surface area contributed by atoms with Crippen LogP contribution in [0, 0.1) is 0 Å². The summed E-state index contributed by atoms with van der Waals surface area (Å²) in [7, 11) is 0. The van der Waals surface area contributed by atoms with E-state index in [4.69, 9.17) is 5.11 Å². The summed E-state index contributed by atoms with van der Waals surface area (Å²) < 4.78 is 0. The van der Waals surface area contributed by atoms with E-state index >= 15 is 0 Å². The molecule has 0 saturated carbocycles. The summed E-state index contributed by atoms with van der Waals surface area (Å²) in [5.74, 6) is -0.704. The number of carboxylic acids is 1. The number of aryl methyl sites for hydroxylation is 1. The molecule has 0 heterocycles. The van der Waals surface area contributed by atoms with Gasteiger partial charge in [0.15, 0.2) is 0 Å². The highest BCUT2D eigenvalue weighted by Gasteiger charge is 2.03. The summed E-state index contributed by atoms with van der Waals surface area (Å²) in [6.07, 6.45) is 0.705. The molecule has 2 N–H and O–H groups in total. The Morgan fingerprint density at radius 2 is 2.15 bits per heavy atom. The Hall–Kier alpha value is -1.51. The second-order valence-electron chi connectivity index (χ2n) is 2.89. The van der Waals surface area contributed by atoms with E-state index in [-0.39, 0.29) is 12.2 Å². The van der Waals surface area contributed by atoms with Crippen LogP contribution in [0.5, 0.6) is 5.75 Å². The summed E-state index contributed by atoms with van der Waals surface area (Å²) in [6, 6.07) is 4.99. The van der Waals surface area contributed by atoms with Crippen molar-refractivity contribution in [2.75, 3.05) is 0 Å². The lowest BCUT2D eigenvalue weighted by molar-refractivity contribution is -0.136. The fourth-order valence-corrected chi connectivity index (χ4v) is 1.19. The Balaban J connectivity index is 2.89. The maximum absolute atomic E-state index is 10.4. The first kappa shape index (κ1) is 9.58. The lowest BCUT2D eigenvalue weighted by Gasteiger charge is -2.03. The topological polar surface area (TPSA) is 57.5 Å². The zero-order valence-corrected chi connectivity index (χ0v) is 7.45. The van der Waals surface area contributed by atoms with Gasteiger partial charge < -0.3 is 10.2 Å². The number of carbonyl (C=O) groups is 1. The van der Waals surface area contributed by atoms with Crippen LogP contribution >= 0.6 is 0 Å². The number of aromatic hydroxyl groups is 1. The SMILES string of the molecule is CCc1ccc(CC(=O)O)cc1O. The maximum atomic E-state index is 10.4. The third kappa shape index (κ3) is 2.47. The lowest BCUT2D eigenvalue weighted by Crippen LogP contribution is -1.99. The number of hydrogen-bond donors (Lipinski definition) is 2. The van der Waals surface area contributed by atoms with Crippen LogP contribution in [-0.4, -0.2) is 16.2 Å². The molecule has 0 atom stereocenters. The zero-order valence-electron chi connectivity index (χ0n) is 7.45. The van der Waals surface area contributed by atoms with Gasteiger partial charge in [-0.15, -0.1) is 0 Å². The van der Waals surface area contributed by atoms with Crippen LogP contribution in [0.25, 0.3) is 0 Å². The van der Waals surface area contributed by atoms with Crippen molar-refractivity contribution in [1.82, 2.24) is 0 Å². The van der Waals surface area contributed by atoms with Crippen molar-refractivity contribution >= 4 is 5.97 Å². The molecule has 0 fully saturated rings. The van der Waals surface area contributed by atoms with E-state index < -0.39 is 5.97 Å². The molecule has 13 heavy (non-hydrogen) atoms. The van der Waals surface area contributed by atoms with Crippen molar-refractivity contribution < 1.29 is 15.0 Å². The molecular weight excluding hydrogens is 168 g/mol. The molecule has 0 saturated heterocycles. The minimum Gasteiger partial charge on any atom is -0.508 e. The van der Waals surface area contributed by atoms with Gasteiger partial charge in [0.1, 0.15) is 5.75 Å². The number of benzene rings is 1. The van der Waals surface area contributed by atoms with Gasteiger partial charge in [-0.1, -0.05) is 19.1 Å². The second-order valence-corrected chi connectivity index (χ2v) is 2.89. The quantitative estimate of drug-likeness (QED) is 0.742. The predicted molar refractivity (Wildman–Crippen MR) is 48.8 cm³/mol. The van der Waals surface area contributed by atoms with Gasteiger partial charge in [-0.25, -0.2) is 0 Å². The van der Waals surface area contributed by atoms with Crippen LogP contribution in [0.1, 0.15) is 18.1 Å². The van der Waals surface area contributed by atoms with E-state index in [9.17, 15) is 9.90 Å². The van der Waals surface area contributed by atoms with Gasteiger partial charge in [-0.2, -0.15) is 0 Å². The highest BCUT2D eigenvalue weighted by atomic mass is 16.4. The molecule has 0 aliphatic heterocycles. The molecule has 1 aromatic carbocycles. The maximum Gasteiger partial charge on any atom is 0.307 e. The summed E-state index contributed by atoms with van der Waals surface area (Å²) in [5.41, 5.74) is 1.47. The Morgan fingerprint density at radius 1 is 1.46 bits per heavy atom. The van der Waals surface area contributed by atoms with E-state index in [1.54, 1.807) is 12.1 Å². The minimum atomic E-state index is -0.886. The fourth-order valence-electron chi connectivity index (χ4n) is 1.19. The molecule has 0 unspecified atom stereocenters. The molecule has 3 nitrogen and oxygen atoms in total. The number of phenolic OH excluding ortho intramolecular Hbond substituents is 1. The standard InChI is InChI=1S/C10H12O3/c1-2-8-4-3-7(5-9(8)11)6-10(12)13/h3-5,11H,2,6H2,1H3,(H,12,13). The van der Waals surface area contributed by atoms with Gasteiger partial charge in [0.2, 0.25) is 0 Å². The minimum absolute atomic E-state index is 0.0441. The van der Waals surface area contributed by atoms with Gasteiger partial charge in [0.05, 0.1) is 6.42 Å². The van der Waals surface area contributed by atoms with Gasteiger partial charge in [-0.3, -0.25) is 4.79 Å². The second kappa shape index (κ2) is 3.94. The number of hydrogen-bond acceptors (Lipinski definition) is 2. The van der Waals surface area contributed by atoms with Gasteiger partial charge in [0.25, 0.3) is 0 Å². The highest BCUT2D eigenvalue weighted by molar-refractivity contribution is 5.70. The van der Waals surface area contributed by atoms with E-state index in [0.29, 0.717) is 5.56 Å². The van der Waals surface area contributed by atoms with Crippen LogP contribution in [0.3, 0.4) is 0 Å². The van der Waals surface area contributed by atoms with Gasteiger partial charge in [-0.05, 0) is 23.6 Å². The molecule has 3 heteroatoms. The first-order chi connectivity index (χ1) is 6.13. The Morgan fingerprint density at radius 3 is 2.62 bits per heavy atom. The van der Waals surface area contributed by atoms with E-state index in [2.05, 4.69) is 0 Å².